The lowest BCUT2D eigenvalue weighted by Crippen LogP contribution is -1.96. The lowest BCUT2D eigenvalue weighted by atomic mass is 10.0. The number of hydrogen-bond acceptors (Lipinski definition) is 2. The molecule has 2 nitrogen and oxygen atoms in total. The molecule has 0 bridgehead atoms. The Morgan fingerprint density at radius 3 is 2.55 bits per heavy atom. The van der Waals surface area contributed by atoms with Crippen molar-refractivity contribution in [2.24, 2.45) is 0 Å². The Morgan fingerprint density at radius 1 is 1.00 bits per heavy atom. The summed E-state index contributed by atoms with van der Waals surface area (Å²) in [6.07, 6.45) is 0. The van der Waals surface area contributed by atoms with Gasteiger partial charge in [0.1, 0.15) is 11.0 Å². The van der Waals surface area contributed by atoms with E-state index in [-0.39, 0.29) is 10.5 Å². The van der Waals surface area contributed by atoms with Crippen LogP contribution in [-0.2, 0) is 0 Å². The highest BCUT2D eigenvalue weighted by atomic mass is 35.5. The Morgan fingerprint density at radius 2 is 1.75 bits per heavy atom. The Hall–Kier alpha value is -2.00. The van der Waals surface area contributed by atoms with E-state index in [2.05, 4.69) is 9.97 Å². The summed E-state index contributed by atoms with van der Waals surface area (Å²) in [4.78, 5) is 8.68. The van der Waals surface area contributed by atoms with Crippen molar-refractivity contribution in [2.75, 3.05) is 0 Å². The molecule has 0 aliphatic heterocycles. The molecule has 20 heavy (non-hydrogen) atoms. The molecule has 0 unspecified atom stereocenters. The number of fused-ring (bicyclic) bond motifs is 1. The minimum atomic E-state index is -0.403. The number of rotatable bonds is 1. The summed E-state index contributed by atoms with van der Waals surface area (Å²) in [6, 6.07) is 10.6. The molecule has 3 aromatic rings. The van der Waals surface area contributed by atoms with Crippen molar-refractivity contribution >= 4 is 22.5 Å². The van der Waals surface area contributed by atoms with Crippen LogP contribution in [0.4, 0.5) is 4.39 Å². The highest BCUT2D eigenvalue weighted by molar-refractivity contribution is 6.34. The van der Waals surface area contributed by atoms with Gasteiger partial charge < -0.3 is 0 Å². The number of nitrogens with zero attached hydrogens (tertiary/aromatic N) is 2. The van der Waals surface area contributed by atoms with Gasteiger partial charge in [-0.3, -0.25) is 0 Å². The normalized spacial score (nSPS) is 11.0. The first kappa shape index (κ1) is 13.0. The number of aromatic nitrogens is 2. The quantitative estimate of drug-likeness (QED) is 0.606. The van der Waals surface area contributed by atoms with E-state index >= 15 is 0 Å². The van der Waals surface area contributed by atoms with Gasteiger partial charge in [-0.2, -0.15) is 0 Å². The third-order valence-electron chi connectivity index (χ3n) is 3.47. The Balaban J connectivity index is 2.31. The fraction of sp³-hybridized carbons (Fsp3) is 0.125. The summed E-state index contributed by atoms with van der Waals surface area (Å²) < 4.78 is 13.8. The first-order valence-electron chi connectivity index (χ1n) is 6.26. The first-order chi connectivity index (χ1) is 9.58. The highest BCUT2D eigenvalue weighted by Crippen LogP contribution is 2.28. The number of hydrogen-bond donors (Lipinski definition) is 0. The molecule has 1 aromatic heterocycles. The van der Waals surface area contributed by atoms with Crippen molar-refractivity contribution in [1.29, 1.82) is 0 Å². The van der Waals surface area contributed by atoms with Gasteiger partial charge in [0.15, 0.2) is 5.82 Å². The zero-order valence-electron chi connectivity index (χ0n) is 11.1. The van der Waals surface area contributed by atoms with Gasteiger partial charge in [-0.25, -0.2) is 14.4 Å². The lowest BCUT2D eigenvalue weighted by molar-refractivity contribution is 0.639. The van der Waals surface area contributed by atoms with Crippen LogP contribution in [0, 0.1) is 19.7 Å². The van der Waals surface area contributed by atoms with E-state index in [0.717, 1.165) is 16.7 Å². The molecule has 0 aliphatic rings. The molecule has 0 fully saturated rings. The molecule has 0 saturated carbocycles. The van der Waals surface area contributed by atoms with Crippen LogP contribution in [0.15, 0.2) is 36.4 Å². The van der Waals surface area contributed by atoms with E-state index in [1.54, 1.807) is 12.1 Å². The second kappa shape index (κ2) is 4.84. The molecule has 0 radical (unpaired) electrons. The molecule has 0 N–H and O–H groups in total. The zero-order chi connectivity index (χ0) is 14.3. The van der Waals surface area contributed by atoms with E-state index in [9.17, 15) is 4.39 Å². The topological polar surface area (TPSA) is 25.8 Å². The van der Waals surface area contributed by atoms with Gasteiger partial charge in [-0.15, -0.1) is 0 Å². The SMILES string of the molecule is Cc1cccc(-c2nc(Cl)c3c(F)cccc3n2)c1C. The summed E-state index contributed by atoms with van der Waals surface area (Å²) in [7, 11) is 0. The number of benzene rings is 2. The van der Waals surface area contributed by atoms with E-state index in [1.165, 1.54) is 6.07 Å². The number of aryl methyl sites for hydroxylation is 1. The smallest absolute Gasteiger partial charge is 0.161 e. The van der Waals surface area contributed by atoms with Gasteiger partial charge in [-0.1, -0.05) is 35.9 Å². The fourth-order valence-corrected chi connectivity index (χ4v) is 2.48. The van der Waals surface area contributed by atoms with E-state index < -0.39 is 5.82 Å². The molecule has 0 amide bonds. The van der Waals surface area contributed by atoms with Gasteiger partial charge in [0.2, 0.25) is 0 Å². The van der Waals surface area contributed by atoms with Gasteiger partial charge in [0.05, 0.1) is 10.9 Å². The average Bonchev–Trinajstić information content (AvgIpc) is 2.41. The highest BCUT2D eigenvalue weighted by Gasteiger charge is 2.13. The Labute approximate surface area is 121 Å². The minimum Gasteiger partial charge on any atom is -0.228 e. The molecule has 0 saturated heterocycles. The van der Waals surface area contributed by atoms with Crippen molar-refractivity contribution in [3.63, 3.8) is 0 Å². The molecule has 0 spiro atoms. The van der Waals surface area contributed by atoms with Crippen molar-refractivity contribution < 1.29 is 4.39 Å². The molecular weight excluding hydrogens is 275 g/mol. The van der Waals surface area contributed by atoms with Gasteiger partial charge >= 0.3 is 0 Å². The number of halogens is 2. The van der Waals surface area contributed by atoms with Crippen LogP contribution in [0.1, 0.15) is 11.1 Å². The van der Waals surface area contributed by atoms with Gasteiger partial charge in [0, 0.05) is 5.56 Å². The third kappa shape index (κ3) is 2.04. The van der Waals surface area contributed by atoms with Gasteiger partial charge in [-0.05, 0) is 37.1 Å². The van der Waals surface area contributed by atoms with Crippen molar-refractivity contribution in [3.8, 4) is 11.4 Å². The predicted molar refractivity (Wildman–Crippen MR) is 79.4 cm³/mol. The van der Waals surface area contributed by atoms with Crippen LogP contribution in [-0.4, -0.2) is 9.97 Å². The standard InChI is InChI=1S/C16H12ClFN2/c1-9-5-3-6-11(10(9)2)16-19-13-8-4-7-12(18)14(13)15(17)20-16/h3-8H,1-2H3. The Kier molecular flexibility index (Phi) is 3.14. The van der Waals surface area contributed by atoms with Crippen molar-refractivity contribution in [2.45, 2.75) is 13.8 Å². The maximum Gasteiger partial charge on any atom is 0.161 e. The van der Waals surface area contributed by atoms with Crippen molar-refractivity contribution in [1.82, 2.24) is 9.97 Å². The maximum absolute atomic E-state index is 13.8. The summed E-state index contributed by atoms with van der Waals surface area (Å²) in [5.74, 6) is 0.120. The van der Waals surface area contributed by atoms with Crippen LogP contribution in [0.5, 0.6) is 0 Å². The summed E-state index contributed by atoms with van der Waals surface area (Å²) >= 11 is 6.12. The molecule has 0 atom stereocenters. The zero-order valence-corrected chi connectivity index (χ0v) is 11.9. The van der Waals surface area contributed by atoms with Crippen molar-refractivity contribution in [3.05, 3.63) is 58.5 Å². The van der Waals surface area contributed by atoms with Crippen LogP contribution in [0.25, 0.3) is 22.3 Å². The maximum atomic E-state index is 13.8. The molecule has 2 aromatic carbocycles. The average molecular weight is 287 g/mol. The first-order valence-corrected chi connectivity index (χ1v) is 6.64. The second-order valence-electron chi connectivity index (χ2n) is 4.72. The predicted octanol–water partition coefficient (Wildman–Crippen LogP) is 4.71. The van der Waals surface area contributed by atoms with Crippen LogP contribution in [0.2, 0.25) is 5.15 Å². The lowest BCUT2D eigenvalue weighted by Gasteiger charge is -2.09. The summed E-state index contributed by atoms with van der Waals surface area (Å²) in [6.45, 7) is 4.04. The fourth-order valence-electron chi connectivity index (χ4n) is 2.21. The molecule has 4 heteroatoms. The Bertz CT molecular complexity index is 815. The monoisotopic (exact) mass is 286 g/mol. The van der Waals surface area contributed by atoms with Crippen LogP contribution < -0.4 is 0 Å². The van der Waals surface area contributed by atoms with E-state index in [0.29, 0.717) is 11.3 Å². The van der Waals surface area contributed by atoms with E-state index in [1.807, 2.05) is 32.0 Å². The largest absolute Gasteiger partial charge is 0.228 e. The molecule has 0 aliphatic carbocycles. The molecule has 3 rings (SSSR count). The van der Waals surface area contributed by atoms with Gasteiger partial charge in [0.25, 0.3) is 0 Å². The third-order valence-corrected chi connectivity index (χ3v) is 3.75. The van der Waals surface area contributed by atoms with Crippen LogP contribution in [0.3, 0.4) is 0 Å². The minimum absolute atomic E-state index is 0.143. The molecule has 100 valence electrons. The summed E-state index contributed by atoms with van der Waals surface area (Å²) in [5.41, 5.74) is 3.68. The van der Waals surface area contributed by atoms with E-state index in [4.69, 9.17) is 11.6 Å². The second-order valence-corrected chi connectivity index (χ2v) is 5.08. The van der Waals surface area contributed by atoms with Crippen LogP contribution >= 0.6 is 11.6 Å². The molecule has 1 heterocycles. The summed E-state index contributed by atoms with van der Waals surface area (Å²) in [5, 5.41) is 0.409. The molecular formula is C16H12ClFN2.